The molecule has 10 nitrogen and oxygen atoms in total. The molecule has 1 rings (SSSR count). The molecular formula is C8H18O10P2. The van der Waals surface area contributed by atoms with E-state index >= 15 is 0 Å². The Morgan fingerprint density at radius 2 is 1.75 bits per heavy atom. The number of methoxy groups -OCH3 is 1. The maximum absolute atomic E-state index is 11.5. The van der Waals surface area contributed by atoms with Gasteiger partial charge in [-0.25, -0.2) is 9.13 Å². The monoisotopic (exact) mass is 336 g/mol. The zero-order chi connectivity index (χ0) is 15.6. The van der Waals surface area contributed by atoms with E-state index < -0.39 is 46.7 Å². The molecule has 1 heterocycles. The molecule has 1 aliphatic heterocycles. The largest absolute Gasteiger partial charge is 0.472 e. The molecule has 12 heteroatoms. The van der Waals surface area contributed by atoms with Crippen LogP contribution in [0.25, 0.3) is 0 Å². The number of hydrogen-bond donors (Lipinski definition) is 3. The molecule has 5 atom stereocenters. The number of rotatable bonds is 7. The lowest BCUT2D eigenvalue weighted by molar-refractivity contribution is -0.0183. The van der Waals surface area contributed by atoms with Crippen molar-refractivity contribution in [3.05, 3.63) is 0 Å². The molecule has 0 aromatic rings. The summed E-state index contributed by atoms with van der Waals surface area (Å²) >= 11 is 0. The Morgan fingerprint density at radius 1 is 1.15 bits per heavy atom. The first-order valence-corrected chi connectivity index (χ1v) is 8.57. The van der Waals surface area contributed by atoms with Crippen molar-refractivity contribution in [3.63, 3.8) is 0 Å². The number of phosphoric ester groups is 2. The van der Waals surface area contributed by atoms with Gasteiger partial charge in [-0.1, -0.05) is 0 Å². The van der Waals surface area contributed by atoms with Crippen LogP contribution in [0.1, 0.15) is 6.92 Å². The van der Waals surface area contributed by atoms with Crippen LogP contribution in [-0.4, -0.2) is 59.9 Å². The third kappa shape index (κ3) is 5.16. The average Bonchev–Trinajstić information content (AvgIpc) is 2.61. The Labute approximate surface area is 115 Å². The summed E-state index contributed by atoms with van der Waals surface area (Å²) in [4.78, 5) is 26.7. The summed E-state index contributed by atoms with van der Waals surface area (Å²) in [6.45, 7) is 1.10. The van der Waals surface area contributed by atoms with Gasteiger partial charge in [-0.05, 0) is 6.92 Å². The average molecular weight is 336 g/mol. The van der Waals surface area contributed by atoms with E-state index in [0.29, 0.717) is 0 Å². The van der Waals surface area contributed by atoms with E-state index in [0.717, 1.165) is 7.11 Å². The Balaban J connectivity index is 2.80. The van der Waals surface area contributed by atoms with Gasteiger partial charge in [0.1, 0.15) is 18.3 Å². The topological polar surface area (TPSA) is 141 Å². The van der Waals surface area contributed by atoms with Crippen LogP contribution >= 0.6 is 15.6 Å². The molecule has 0 spiro atoms. The Kier molecular flexibility index (Phi) is 6.31. The summed E-state index contributed by atoms with van der Waals surface area (Å²) in [5.74, 6) is 0. The minimum Gasteiger partial charge on any atom is -0.376 e. The highest BCUT2D eigenvalue weighted by Crippen LogP contribution is 2.47. The standard InChI is InChI=1S/C8H18O10P2/c1-5-7(14-2)8(18-20(12,13)15-3)6(17-5)4-16-19(9,10)11/h5-8H,4H2,1-3H3,(H,12,13)(H2,9,10,11)/t5-,6+,7+,8?/m0/s1. The minimum atomic E-state index is -4.69. The van der Waals surface area contributed by atoms with Crippen molar-refractivity contribution < 1.29 is 46.9 Å². The van der Waals surface area contributed by atoms with Gasteiger partial charge in [0.25, 0.3) is 0 Å². The zero-order valence-corrected chi connectivity index (χ0v) is 12.9. The lowest BCUT2D eigenvalue weighted by atomic mass is 10.1. The molecule has 0 bridgehead atoms. The number of phosphoric acid groups is 2. The Morgan fingerprint density at radius 3 is 2.20 bits per heavy atom. The summed E-state index contributed by atoms with van der Waals surface area (Å²) in [7, 11) is -6.66. The SMILES string of the molecule is CO[C@H]1C(OP(=O)(O)OC)[C@@H](COP(=O)(O)O)O[C@H]1C. The maximum atomic E-state index is 11.5. The van der Waals surface area contributed by atoms with Crippen molar-refractivity contribution in [2.75, 3.05) is 20.8 Å². The molecule has 2 unspecified atom stereocenters. The van der Waals surface area contributed by atoms with Crippen molar-refractivity contribution in [1.29, 1.82) is 0 Å². The van der Waals surface area contributed by atoms with E-state index in [-0.39, 0.29) is 0 Å². The highest BCUT2D eigenvalue weighted by atomic mass is 31.2. The number of hydrogen-bond acceptors (Lipinski definition) is 7. The summed E-state index contributed by atoms with van der Waals surface area (Å²) in [5, 5.41) is 0. The van der Waals surface area contributed by atoms with Gasteiger partial charge >= 0.3 is 15.6 Å². The smallest absolute Gasteiger partial charge is 0.376 e. The third-order valence-corrected chi connectivity index (χ3v) is 4.16. The van der Waals surface area contributed by atoms with Gasteiger partial charge in [-0.15, -0.1) is 0 Å². The molecule has 0 aliphatic carbocycles. The van der Waals surface area contributed by atoms with Crippen LogP contribution in [0.3, 0.4) is 0 Å². The van der Waals surface area contributed by atoms with Crippen LogP contribution in [0.2, 0.25) is 0 Å². The van der Waals surface area contributed by atoms with Crippen molar-refractivity contribution in [2.24, 2.45) is 0 Å². The molecule has 20 heavy (non-hydrogen) atoms. The summed E-state index contributed by atoms with van der Waals surface area (Å²) in [6.07, 6.45) is -3.29. The first-order valence-electron chi connectivity index (χ1n) is 5.55. The van der Waals surface area contributed by atoms with Crippen LogP contribution in [0.5, 0.6) is 0 Å². The highest BCUT2D eigenvalue weighted by Gasteiger charge is 2.47. The van der Waals surface area contributed by atoms with Gasteiger partial charge in [0, 0.05) is 14.2 Å². The van der Waals surface area contributed by atoms with Gasteiger partial charge in [0.2, 0.25) is 0 Å². The van der Waals surface area contributed by atoms with Crippen LogP contribution in [-0.2, 0) is 32.2 Å². The van der Waals surface area contributed by atoms with Crippen LogP contribution in [0.4, 0.5) is 0 Å². The van der Waals surface area contributed by atoms with Crippen molar-refractivity contribution in [2.45, 2.75) is 31.3 Å². The highest BCUT2D eigenvalue weighted by molar-refractivity contribution is 7.47. The van der Waals surface area contributed by atoms with E-state index in [2.05, 4.69) is 9.05 Å². The summed E-state index contributed by atoms with van der Waals surface area (Å²) < 4.78 is 46.1. The lowest BCUT2D eigenvalue weighted by Crippen LogP contribution is -2.37. The fourth-order valence-corrected chi connectivity index (χ4v) is 2.85. The van der Waals surface area contributed by atoms with Crippen molar-refractivity contribution in [3.8, 4) is 0 Å². The second kappa shape index (κ2) is 6.93. The fraction of sp³-hybridized carbons (Fsp3) is 1.00. The predicted octanol–water partition coefficient (Wildman–Crippen LogP) is 0.0300. The van der Waals surface area contributed by atoms with Gasteiger partial charge in [-0.2, -0.15) is 0 Å². The van der Waals surface area contributed by atoms with Crippen LogP contribution in [0.15, 0.2) is 0 Å². The van der Waals surface area contributed by atoms with Gasteiger partial charge in [0.15, 0.2) is 0 Å². The van der Waals surface area contributed by atoms with Gasteiger partial charge in [-0.3, -0.25) is 13.6 Å². The number of ether oxygens (including phenoxy) is 2. The lowest BCUT2D eigenvalue weighted by Gasteiger charge is -2.24. The zero-order valence-electron chi connectivity index (χ0n) is 11.1. The Bertz CT molecular complexity index is 408. The quantitative estimate of drug-likeness (QED) is 0.545. The minimum absolute atomic E-state index is 0.521. The molecule has 0 saturated carbocycles. The molecule has 0 amide bonds. The van der Waals surface area contributed by atoms with E-state index in [4.69, 9.17) is 23.8 Å². The second-order valence-electron chi connectivity index (χ2n) is 4.09. The first kappa shape index (κ1) is 18.2. The van der Waals surface area contributed by atoms with E-state index in [1.807, 2.05) is 0 Å². The second-order valence-corrected chi connectivity index (χ2v) is 6.84. The van der Waals surface area contributed by atoms with E-state index in [9.17, 15) is 14.0 Å². The fourth-order valence-electron chi connectivity index (χ4n) is 1.86. The molecule has 1 aliphatic rings. The molecular weight excluding hydrogens is 318 g/mol. The van der Waals surface area contributed by atoms with Crippen LogP contribution in [0, 0.1) is 0 Å². The van der Waals surface area contributed by atoms with Crippen LogP contribution < -0.4 is 0 Å². The third-order valence-electron chi connectivity index (χ3n) is 2.71. The first-order chi connectivity index (χ1) is 9.09. The molecule has 0 radical (unpaired) electrons. The predicted molar refractivity (Wildman–Crippen MR) is 64.8 cm³/mol. The Hall–Kier alpha value is 0.140. The summed E-state index contributed by atoms with van der Waals surface area (Å²) in [6, 6.07) is 0. The van der Waals surface area contributed by atoms with E-state index in [1.165, 1.54) is 7.11 Å². The van der Waals surface area contributed by atoms with Crippen molar-refractivity contribution in [1.82, 2.24) is 0 Å². The van der Waals surface area contributed by atoms with Crippen molar-refractivity contribution >= 4 is 15.6 Å². The molecule has 0 aromatic carbocycles. The normalized spacial score (nSPS) is 34.1. The molecule has 1 fully saturated rings. The summed E-state index contributed by atoms with van der Waals surface area (Å²) in [5.41, 5.74) is 0. The molecule has 3 N–H and O–H groups in total. The van der Waals surface area contributed by atoms with Gasteiger partial charge in [0.05, 0.1) is 12.7 Å². The molecule has 120 valence electrons. The molecule has 0 aromatic heterocycles. The van der Waals surface area contributed by atoms with Gasteiger partial charge < -0.3 is 24.2 Å². The van der Waals surface area contributed by atoms with E-state index in [1.54, 1.807) is 6.92 Å². The molecule has 1 saturated heterocycles. The maximum Gasteiger partial charge on any atom is 0.472 e.